The standard InChI is InChI=1S/C10H18N2O3/c1-7(2)15-9(13)6-8-10(14)12(3)5-4-11-8/h7-8,11H,4-6H2,1-3H3/t8-/m0/s1. The molecule has 0 spiro atoms. The van der Waals surface area contributed by atoms with E-state index < -0.39 is 6.04 Å². The minimum atomic E-state index is -0.421. The normalized spacial score (nSPS) is 22.0. The van der Waals surface area contributed by atoms with Gasteiger partial charge in [-0.15, -0.1) is 0 Å². The van der Waals surface area contributed by atoms with Gasteiger partial charge in [0.2, 0.25) is 5.91 Å². The number of ether oxygens (including phenoxy) is 1. The van der Waals surface area contributed by atoms with Crippen LogP contribution in [0.2, 0.25) is 0 Å². The summed E-state index contributed by atoms with van der Waals surface area (Å²) in [5.74, 6) is -0.367. The molecule has 1 aliphatic heterocycles. The summed E-state index contributed by atoms with van der Waals surface area (Å²) in [7, 11) is 1.74. The highest BCUT2D eigenvalue weighted by molar-refractivity contribution is 5.87. The summed E-state index contributed by atoms with van der Waals surface area (Å²) < 4.78 is 4.99. The summed E-state index contributed by atoms with van der Waals surface area (Å²) in [6.45, 7) is 5.00. The second kappa shape index (κ2) is 5.11. The van der Waals surface area contributed by atoms with Crippen LogP contribution >= 0.6 is 0 Å². The van der Waals surface area contributed by atoms with E-state index in [-0.39, 0.29) is 24.4 Å². The van der Waals surface area contributed by atoms with Gasteiger partial charge in [-0.2, -0.15) is 0 Å². The first-order chi connectivity index (χ1) is 7.00. The highest BCUT2D eigenvalue weighted by Gasteiger charge is 2.28. The summed E-state index contributed by atoms with van der Waals surface area (Å²) in [6, 6.07) is -0.421. The van der Waals surface area contributed by atoms with E-state index in [1.54, 1.807) is 25.8 Å². The van der Waals surface area contributed by atoms with Crippen molar-refractivity contribution in [3.05, 3.63) is 0 Å². The Labute approximate surface area is 89.8 Å². The van der Waals surface area contributed by atoms with E-state index >= 15 is 0 Å². The van der Waals surface area contributed by atoms with Gasteiger partial charge in [0.25, 0.3) is 0 Å². The predicted octanol–water partition coefficient (Wildman–Crippen LogP) is -0.242. The Balaban J connectivity index is 2.43. The Morgan fingerprint density at radius 2 is 2.33 bits per heavy atom. The molecule has 0 bridgehead atoms. The lowest BCUT2D eigenvalue weighted by Crippen LogP contribution is -2.54. The number of likely N-dealkylation sites (N-methyl/N-ethyl adjacent to an activating group) is 1. The summed E-state index contributed by atoms with van der Waals surface area (Å²) in [5, 5.41) is 3.01. The van der Waals surface area contributed by atoms with Gasteiger partial charge < -0.3 is 15.0 Å². The van der Waals surface area contributed by atoms with Crippen LogP contribution in [-0.4, -0.2) is 49.1 Å². The molecule has 1 atom stereocenters. The van der Waals surface area contributed by atoms with Crippen LogP contribution in [0.4, 0.5) is 0 Å². The van der Waals surface area contributed by atoms with E-state index in [1.165, 1.54) is 0 Å². The van der Waals surface area contributed by atoms with Crippen molar-refractivity contribution < 1.29 is 14.3 Å². The van der Waals surface area contributed by atoms with Crippen molar-refractivity contribution in [3.8, 4) is 0 Å². The van der Waals surface area contributed by atoms with Crippen LogP contribution in [0.1, 0.15) is 20.3 Å². The summed E-state index contributed by atoms with van der Waals surface area (Å²) in [4.78, 5) is 24.6. The molecule has 0 saturated carbocycles. The van der Waals surface area contributed by atoms with Crippen LogP contribution in [0.25, 0.3) is 0 Å². The van der Waals surface area contributed by atoms with E-state index in [0.717, 1.165) is 6.54 Å². The number of amides is 1. The number of piperazine rings is 1. The number of nitrogens with zero attached hydrogens (tertiary/aromatic N) is 1. The van der Waals surface area contributed by atoms with E-state index in [9.17, 15) is 9.59 Å². The molecule has 1 aliphatic rings. The Morgan fingerprint density at radius 1 is 1.67 bits per heavy atom. The van der Waals surface area contributed by atoms with Gasteiger partial charge in [-0.3, -0.25) is 9.59 Å². The molecular formula is C10H18N2O3. The van der Waals surface area contributed by atoms with Crippen molar-refractivity contribution >= 4 is 11.9 Å². The third-order valence-corrected chi connectivity index (χ3v) is 2.25. The molecule has 0 aromatic rings. The van der Waals surface area contributed by atoms with Crippen molar-refractivity contribution in [3.63, 3.8) is 0 Å². The molecular weight excluding hydrogens is 196 g/mol. The van der Waals surface area contributed by atoms with Gasteiger partial charge >= 0.3 is 5.97 Å². The lowest BCUT2D eigenvalue weighted by Gasteiger charge is -2.29. The fourth-order valence-electron chi connectivity index (χ4n) is 1.51. The monoisotopic (exact) mass is 214 g/mol. The van der Waals surface area contributed by atoms with Crippen LogP contribution in [-0.2, 0) is 14.3 Å². The second-order valence-electron chi connectivity index (χ2n) is 4.01. The average molecular weight is 214 g/mol. The lowest BCUT2D eigenvalue weighted by molar-refractivity contribution is -0.151. The highest BCUT2D eigenvalue weighted by atomic mass is 16.5. The molecule has 1 fully saturated rings. The van der Waals surface area contributed by atoms with E-state index in [1.807, 2.05) is 0 Å². The molecule has 0 aliphatic carbocycles. The quantitative estimate of drug-likeness (QED) is 0.659. The first kappa shape index (κ1) is 12.0. The maximum atomic E-state index is 11.6. The van der Waals surface area contributed by atoms with Crippen molar-refractivity contribution in [2.75, 3.05) is 20.1 Å². The number of hydrogen-bond donors (Lipinski definition) is 1. The van der Waals surface area contributed by atoms with Crippen LogP contribution < -0.4 is 5.32 Å². The summed E-state index contributed by atoms with van der Waals surface area (Å²) >= 11 is 0. The third-order valence-electron chi connectivity index (χ3n) is 2.25. The molecule has 15 heavy (non-hydrogen) atoms. The molecule has 0 unspecified atom stereocenters. The van der Waals surface area contributed by atoms with Gasteiger partial charge in [0, 0.05) is 20.1 Å². The number of carbonyl (C=O) groups is 2. The van der Waals surface area contributed by atoms with Gasteiger partial charge in [-0.25, -0.2) is 0 Å². The maximum Gasteiger partial charge on any atom is 0.308 e. The first-order valence-corrected chi connectivity index (χ1v) is 5.18. The smallest absolute Gasteiger partial charge is 0.308 e. The molecule has 0 aromatic heterocycles. The van der Waals surface area contributed by atoms with Crippen molar-refractivity contribution in [2.45, 2.75) is 32.4 Å². The molecule has 0 aromatic carbocycles. The van der Waals surface area contributed by atoms with Gasteiger partial charge in [0.1, 0.15) is 0 Å². The lowest BCUT2D eigenvalue weighted by atomic mass is 10.1. The molecule has 1 saturated heterocycles. The zero-order valence-corrected chi connectivity index (χ0v) is 9.45. The van der Waals surface area contributed by atoms with E-state index in [4.69, 9.17) is 4.74 Å². The topological polar surface area (TPSA) is 58.6 Å². The Kier molecular flexibility index (Phi) is 4.08. The van der Waals surface area contributed by atoms with Gasteiger partial charge in [0.15, 0.2) is 0 Å². The molecule has 1 N–H and O–H groups in total. The van der Waals surface area contributed by atoms with Gasteiger partial charge in [-0.05, 0) is 13.8 Å². The number of nitrogens with one attached hydrogen (secondary N) is 1. The number of esters is 1. The third kappa shape index (κ3) is 3.51. The van der Waals surface area contributed by atoms with E-state index in [0.29, 0.717) is 6.54 Å². The van der Waals surface area contributed by atoms with Gasteiger partial charge in [-0.1, -0.05) is 0 Å². The SMILES string of the molecule is CC(C)OC(=O)C[C@@H]1NCCN(C)C1=O. The Morgan fingerprint density at radius 3 is 2.93 bits per heavy atom. The van der Waals surface area contributed by atoms with Crippen molar-refractivity contribution in [1.29, 1.82) is 0 Å². The Hall–Kier alpha value is -1.10. The predicted molar refractivity (Wildman–Crippen MR) is 55.3 cm³/mol. The molecule has 1 amide bonds. The zero-order chi connectivity index (χ0) is 11.4. The Bertz CT molecular complexity index is 253. The van der Waals surface area contributed by atoms with Crippen molar-refractivity contribution in [1.82, 2.24) is 10.2 Å². The van der Waals surface area contributed by atoms with Crippen LogP contribution in [0.5, 0.6) is 0 Å². The second-order valence-corrected chi connectivity index (χ2v) is 4.01. The molecule has 1 rings (SSSR count). The average Bonchev–Trinajstić information content (AvgIpc) is 2.11. The summed E-state index contributed by atoms with van der Waals surface area (Å²) in [5.41, 5.74) is 0. The molecule has 1 heterocycles. The number of carbonyl (C=O) groups excluding carboxylic acids is 2. The minimum Gasteiger partial charge on any atom is -0.463 e. The minimum absolute atomic E-state index is 0.0399. The van der Waals surface area contributed by atoms with E-state index in [2.05, 4.69) is 5.32 Å². The highest BCUT2D eigenvalue weighted by Crippen LogP contribution is 2.05. The fourth-order valence-corrected chi connectivity index (χ4v) is 1.51. The molecule has 5 heteroatoms. The maximum absolute atomic E-state index is 11.6. The zero-order valence-electron chi connectivity index (χ0n) is 9.45. The number of rotatable bonds is 3. The van der Waals surface area contributed by atoms with Crippen LogP contribution in [0.3, 0.4) is 0 Å². The largest absolute Gasteiger partial charge is 0.463 e. The molecule has 86 valence electrons. The van der Waals surface area contributed by atoms with Gasteiger partial charge in [0.05, 0.1) is 18.6 Å². The van der Waals surface area contributed by atoms with Crippen LogP contribution in [0.15, 0.2) is 0 Å². The fraction of sp³-hybridized carbons (Fsp3) is 0.800. The molecule has 5 nitrogen and oxygen atoms in total. The molecule has 0 radical (unpaired) electrons. The van der Waals surface area contributed by atoms with Crippen LogP contribution in [0, 0.1) is 0 Å². The first-order valence-electron chi connectivity index (χ1n) is 5.18. The van der Waals surface area contributed by atoms with Crippen molar-refractivity contribution in [2.24, 2.45) is 0 Å². The summed E-state index contributed by atoms with van der Waals surface area (Å²) in [6.07, 6.45) is -0.0182. The number of hydrogen-bond acceptors (Lipinski definition) is 4.